The molecule has 8 nitrogen and oxygen atoms in total. The Bertz CT molecular complexity index is 715. The monoisotopic (exact) mass is 374 g/mol. The summed E-state index contributed by atoms with van der Waals surface area (Å²) in [6.07, 6.45) is 0.998. The maximum absolute atomic E-state index is 12.2. The summed E-state index contributed by atoms with van der Waals surface area (Å²) in [7, 11) is 0. The summed E-state index contributed by atoms with van der Waals surface area (Å²) in [4.78, 5) is 25.5. The zero-order valence-electron chi connectivity index (χ0n) is 15.9. The number of nitrogens with two attached hydrogens (primary N) is 1. The van der Waals surface area contributed by atoms with Crippen LogP contribution in [0.3, 0.4) is 0 Å². The largest absolute Gasteiger partial charge is 0.508 e. The highest BCUT2D eigenvalue weighted by molar-refractivity contribution is 5.97. The van der Waals surface area contributed by atoms with Crippen molar-refractivity contribution < 1.29 is 19.4 Å². The second-order valence-corrected chi connectivity index (χ2v) is 6.79. The number of rotatable bonds is 7. The maximum Gasteiger partial charge on any atom is 0.414 e. The molecule has 27 heavy (non-hydrogen) atoms. The van der Waals surface area contributed by atoms with Crippen LogP contribution in [0.25, 0.3) is 0 Å². The summed E-state index contributed by atoms with van der Waals surface area (Å²) < 4.78 is 5.25. The number of aromatic hydroxyl groups is 1. The number of nitrogens with zero attached hydrogens (tertiary/aromatic N) is 2. The number of hydrogen-bond donors (Lipinski definition) is 3. The quantitative estimate of drug-likeness (QED) is 0.492. The van der Waals surface area contributed by atoms with E-state index >= 15 is 0 Å². The molecule has 0 radical (unpaired) electrons. The van der Waals surface area contributed by atoms with Crippen molar-refractivity contribution in [2.75, 3.05) is 19.6 Å². The zero-order valence-corrected chi connectivity index (χ0v) is 15.9. The van der Waals surface area contributed by atoms with Gasteiger partial charge in [0.25, 0.3) is 5.91 Å². The Morgan fingerprint density at radius 1 is 1.33 bits per heavy atom. The Labute approximate surface area is 159 Å². The molecule has 0 bridgehead atoms. The Morgan fingerprint density at radius 2 is 1.96 bits per heavy atom. The highest BCUT2D eigenvalue weighted by atomic mass is 16.6. The molecule has 0 aliphatic rings. The first kappa shape index (κ1) is 22.0. The van der Waals surface area contributed by atoms with Crippen molar-refractivity contribution in [3.8, 4) is 11.8 Å². The lowest BCUT2D eigenvalue weighted by molar-refractivity contribution is -0.117. The zero-order chi connectivity index (χ0) is 20.4. The van der Waals surface area contributed by atoms with Crippen molar-refractivity contribution in [2.45, 2.75) is 32.8 Å². The van der Waals surface area contributed by atoms with E-state index in [1.165, 1.54) is 0 Å². The molecule has 0 fully saturated rings. The number of carbonyl (C=O) groups is 2. The first-order chi connectivity index (χ1) is 12.7. The van der Waals surface area contributed by atoms with E-state index in [1.807, 2.05) is 0 Å². The Hall–Kier alpha value is -3.05. The standard InChI is InChI=1S/C19H26N4O4/c1-19(2,3)27-18(26)23(11-9-20)13-15(12-21)17(25)22-10-8-14-4-6-16(24)7-5-14/h4-7,13,24H,8-11,20H2,1-3H3,(H,22,25)/b15-13-. The van der Waals surface area contributed by atoms with Gasteiger partial charge >= 0.3 is 6.09 Å². The van der Waals surface area contributed by atoms with Gasteiger partial charge in [0.15, 0.2) is 0 Å². The van der Waals surface area contributed by atoms with E-state index in [1.54, 1.807) is 51.1 Å². The summed E-state index contributed by atoms with van der Waals surface area (Å²) >= 11 is 0. The smallest absolute Gasteiger partial charge is 0.414 e. The SMILES string of the molecule is CC(C)(C)OC(=O)N(/C=C(/C#N)C(=O)NCCc1ccc(O)cc1)CCN. The number of nitrogens with one attached hydrogen (secondary N) is 1. The molecule has 4 N–H and O–H groups in total. The van der Waals surface area contributed by atoms with Gasteiger partial charge in [0.2, 0.25) is 0 Å². The predicted molar refractivity (Wildman–Crippen MR) is 101 cm³/mol. The predicted octanol–water partition coefficient (Wildman–Crippen LogP) is 1.65. The average molecular weight is 374 g/mol. The summed E-state index contributed by atoms with van der Waals surface area (Å²) in [5.74, 6) is -0.429. The van der Waals surface area contributed by atoms with Crippen LogP contribution in [-0.2, 0) is 16.0 Å². The number of benzene rings is 1. The van der Waals surface area contributed by atoms with Gasteiger partial charge in [-0.25, -0.2) is 4.79 Å². The van der Waals surface area contributed by atoms with Crippen LogP contribution in [0.15, 0.2) is 36.0 Å². The lowest BCUT2D eigenvalue weighted by Gasteiger charge is -2.25. The van der Waals surface area contributed by atoms with Crippen LogP contribution >= 0.6 is 0 Å². The van der Waals surface area contributed by atoms with Gasteiger partial charge in [0.1, 0.15) is 23.0 Å². The fourth-order valence-electron chi connectivity index (χ4n) is 2.04. The molecule has 0 spiro atoms. The van der Waals surface area contributed by atoms with Crippen LogP contribution in [0.1, 0.15) is 26.3 Å². The molecule has 0 aliphatic heterocycles. The van der Waals surface area contributed by atoms with Crippen LogP contribution in [0.2, 0.25) is 0 Å². The highest BCUT2D eigenvalue weighted by Crippen LogP contribution is 2.12. The number of phenols is 1. The van der Waals surface area contributed by atoms with Gasteiger partial charge in [0.05, 0.1) is 0 Å². The average Bonchev–Trinajstić information content (AvgIpc) is 2.58. The fraction of sp³-hybridized carbons (Fsp3) is 0.421. The molecule has 1 rings (SSSR count). The molecular weight excluding hydrogens is 348 g/mol. The van der Waals surface area contributed by atoms with E-state index in [4.69, 9.17) is 10.5 Å². The molecule has 1 aromatic rings. The van der Waals surface area contributed by atoms with Crippen LogP contribution in [-0.4, -0.2) is 47.2 Å². The lowest BCUT2D eigenvalue weighted by Crippen LogP contribution is -2.37. The second kappa shape index (κ2) is 10.2. The van der Waals surface area contributed by atoms with E-state index in [0.29, 0.717) is 13.0 Å². The number of amides is 2. The normalized spacial score (nSPS) is 11.4. The van der Waals surface area contributed by atoms with Gasteiger partial charge in [-0.05, 0) is 44.9 Å². The van der Waals surface area contributed by atoms with Crippen molar-refractivity contribution in [3.05, 3.63) is 41.6 Å². The van der Waals surface area contributed by atoms with E-state index in [2.05, 4.69) is 5.32 Å². The Balaban J connectivity index is 2.73. The third-order valence-corrected chi connectivity index (χ3v) is 3.28. The van der Waals surface area contributed by atoms with Gasteiger partial charge in [-0.2, -0.15) is 5.26 Å². The number of nitriles is 1. The van der Waals surface area contributed by atoms with Gasteiger partial charge in [-0.1, -0.05) is 12.1 Å². The van der Waals surface area contributed by atoms with Crippen molar-refractivity contribution >= 4 is 12.0 Å². The third-order valence-electron chi connectivity index (χ3n) is 3.28. The van der Waals surface area contributed by atoms with E-state index in [-0.39, 0.29) is 24.4 Å². The van der Waals surface area contributed by atoms with Crippen LogP contribution < -0.4 is 11.1 Å². The molecule has 146 valence electrons. The molecule has 0 unspecified atom stereocenters. The van der Waals surface area contributed by atoms with Crippen molar-refractivity contribution in [1.29, 1.82) is 5.26 Å². The Morgan fingerprint density at radius 3 is 2.48 bits per heavy atom. The lowest BCUT2D eigenvalue weighted by atomic mass is 10.1. The van der Waals surface area contributed by atoms with Crippen LogP contribution in [0.4, 0.5) is 4.79 Å². The van der Waals surface area contributed by atoms with E-state index in [9.17, 15) is 20.0 Å². The molecule has 1 aromatic carbocycles. The Kier molecular flexibility index (Phi) is 8.30. The molecule has 0 saturated heterocycles. The van der Waals surface area contributed by atoms with Crippen molar-refractivity contribution in [2.24, 2.45) is 5.73 Å². The summed E-state index contributed by atoms with van der Waals surface area (Å²) in [6, 6.07) is 8.40. The van der Waals surface area contributed by atoms with Crippen LogP contribution in [0, 0.1) is 11.3 Å². The number of ether oxygens (including phenoxy) is 1. The highest BCUT2D eigenvalue weighted by Gasteiger charge is 2.22. The first-order valence-electron chi connectivity index (χ1n) is 8.54. The molecule has 0 aliphatic carbocycles. The number of carbonyl (C=O) groups excluding carboxylic acids is 2. The number of hydrogen-bond acceptors (Lipinski definition) is 6. The first-order valence-corrected chi connectivity index (χ1v) is 8.54. The van der Waals surface area contributed by atoms with E-state index < -0.39 is 17.6 Å². The third kappa shape index (κ3) is 8.25. The summed E-state index contributed by atoms with van der Waals surface area (Å²) in [5, 5.41) is 21.1. The second-order valence-electron chi connectivity index (χ2n) is 6.79. The molecule has 0 heterocycles. The number of phenolic OH excluding ortho intramolecular Hbond substituents is 1. The molecule has 0 atom stereocenters. The fourth-order valence-corrected chi connectivity index (χ4v) is 2.04. The van der Waals surface area contributed by atoms with Crippen LogP contribution in [0.5, 0.6) is 5.75 Å². The molecule has 8 heteroatoms. The van der Waals surface area contributed by atoms with E-state index in [0.717, 1.165) is 16.7 Å². The topological polar surface area (TPSA) is 129 Å². The minimum atomic E-state index is -0.711. The van der Waals surface area contributed by atoms with Crippen molar-refractivity contribution in [1.82, 2.24) is 10.2 Å². The molecule has 0 aromatic heterocycles. The molecule has 0 saturated carbocycles. The molecule has 2 amide bonds. The van der Waals surface area contributed by atoms with Gasteiger partial charge < -0.3 is 20.9 Å². The minimum absolute atomic E-state index is 0.112. The molecular formula is C19H26N4O4. The summed E-state index contributed by atoms with van der Waals surface area (Å²) in [5.41, 5.74) is 5.49. The van der Waals surface area contributed by atoms with Gasteiger partial charge in [0, 0.05) is 25.8 Å². The van der Waals surface area contributed by atoms with Gasteiger partial charge in [-0.15, -0.1) is 0 Å². The van der Waals surface area contributed by atoms with Crippen molar-refractivity contribution in [3.63, 3.8) is 0 Å². The minimum Gasteiger partial charge on any atom is -0.508 e. The maximum atomic E-state index is 12.2. The van der Waals surface area contributed by atoms with Gasteiger partial charge in [-0.3, -0.25) is 9.69 Å². The summed E-state index contributed by atoms with van der Waals surface area (Å²) in [6.45, 7) is 5.72.